The summed E-state index contributed by atoms with van der Waals surface area (Å²) < 4.78 is 26.2. The van der Waals surface area contributed by atoms with Crippen molar-refractivity contribution >= 4 is 54.0 Å². The summed E-state index contributed by atoms with van der Waals surface area (Å²) in [6, 6.07) is 13.5. The number of sulfone groups is 1. The average molecular weight is 500 g/mol. The number of halogens is 1. The lowest BCUT2D eigenvalue weighted by Gasteiger charge is -2.20. The quantitative estimate of drug-likeness (QED) is 0.341. The Bertz CT molecular complexity index is 1430. The van der Waals surface area contributed by atoms with Crippen LogP contribution in [-0.4, -0.2) is 29.5 Å². The summed E-state index contributed by atoms with van der Waals surface area (Å²) in [7, 11) is -3.52. The van der Waals surface area contributed by atoms with Crippen LogP contribution in [0.2, 0.25) is 5.02 Å². The molecule has 6 nitrogen and oxygen atoms in total. The van der Waals surface area contributed by atoms with Gasteiger partial charge in [-0.25, -0.2) is 13.4 Å². The predicted molar refractivity (Wildman–Crippen MR) is 133 cm³/mol. The first-order valence-electron chi connectivity index (χ1n) is 10.3. The maximum atomic E-state index is 13.7. The summed E-state index contributed by atoms with van der Waals surface area (Å²) in [5.41, 5.74) is 2.79. The van der Waals surface area contributed by atoms with Gasteiger partial charge >= 0.3 is 0 Å². The van der Waals surface area contributed by atoms with Crippen LogP contribution < -0.4 is 4.90 Å². The molecule has 0 aliphatic carbocycles. The number of fused-ring (bicyclic) bond motifs is 1. The summed E-state index contributed by atoms with van der Waals surface area (Å²) in [6.07, 6.45) is 3.36. The highest BCUT2D eigenvalue weighted by Crippen LogP contribution is 2.34. The maximum Gasteiger partial charge on any atom is 0.260 e. The minimum atomic E-state index is -3.52. The molecule has 0 saturated heterocycles. The van der Waals surface area contributed by atoms with Gasteiger partial charge in [0.05, 0.1) is 26.9 Å². The standard InChI is InChI=1S/C24H22ClN3O3S2/c1-15(2)33(30,31)20-8-4-7-18(11-20)23(29)28(14-17-6-5-9-26-13-17)24-27-22-16(3)10-19(25)12-21(22)32-24/h4-13,15H,14H2,1-3H3. The van der Waals surface area contributed by atoms with E-state index in [2.05, 4.69) is 4.98 Å². The van der Waals surface area contributed by atoms with Crippen LogP contribution in [-0.2, 0) is 16.4 Å². The zero-order valence-corrected chi connectivity index (χ0v) is 20.7. The van der Waals surface area contributed by atoms with Gasteiger partial charge in [0.1, 0.15) is 0 Å². The highest BCUT2D eigenvalue weighted by Gasteiger charge is 2.25. The molecule has 0 atom stereocenters. The van der Waals surface area contributed by atoms with E-state index in [1.807, 2.05) is 25.1 Å². The van der Waals surface area contributed by atoms with Crippen LogP contribution in [0.4, 0.5) is 5.13 Å². The molecule has 0 fully saturated rings. The van der Waals surface area contributed by atoms with Gasteiger partial charge in [-0.1, -0.05) is 35.1 Å². The van der Waals surface area contributed by atoms with Crippen molar-refractivity contribution in [2.45, 2.75) is 37.5 Å². The molecule has 2 aromatic carbocycles. The Morgan fingerprint density at radius 1 is 1.15 bits per heavy atom. The second-order valence-electron chi connectivity index (χ2n) is 7.94. The Morgan fingerprint density at radius 2 is 1.94 bits per heavy atom. The van der Waals surface area contributed by atoms with Gasteiger partial charge in [0.2, 0.25) is 0 Å². The molecule has 0 saturated carbocycles. The number of pyridine rings is 1. The van der Waals surface area contributed by atoms with E-state index in [0.717, 1.165) is 21.3 Å². The minimum Gasteiger partial charge on any atom is -0.279 e. The molecule has 170 valence electrons. The number of hydrogen-bond donors (Lipinski definition) is 0. The van der Waals surface area contributed by atoms with E-state index >= 15 is 0 Å². The third kappa shape index (κ3) is 4.78. The number of carbonyl (C=O) groups is 1. The molecule has 0 aliphatic heterocycles. The fourth-order valence-corrected chi connectivity index (χ4v) is 5.91. The van der Waals surface area contributed by atoms with E-state index < -0.39 is 15.1 Å². The number of aryl methyl sites for hydroxylation is 1. The first-order chi connectivity index (χ1) is 15.7. The SMILES string of the molecule is Cc1cc(Cl)cc2sc(N(Cc3cccnc3)C(=O)c3cccc(S(=O)(=O)C(C)C)c3)nc12. The van der Waals surface area contributed by atoms with Crippen molar-refractivity contribution in [3.8, 4) is 0 Å². The fourth-order valence-electron chi connectivity index (χ4n) is 3.39. The van der Waals surface area contributed by atoms with E-state index in [1.54, 1.807) is 49.3 Å². The number of benzene rings is 2. The van der Waals surface area contributed by atoms with E-state index in [0.29, 0.717) is 10.2 Å². The maximum absolute atomic E-state index is 13.7. The number of anilines is 1. The third-order valence-electron chi connectivity index (χ3n) is 5.21. The lowest BCUT2D eigenvalue weighted by Crippen LogP contribution is -2.30. The fraction of sp³-hybridized carbons (Fsp3) is 0.208. The van der Waals surface area contributed by atoms with Gasteiger partial charge in [-0.05, 0) is 68.3 Å². The molecule has 4 aromatic rings. The first kappa shape index (κ1) is 23.4. The number of hydrogen-bond acceptors (Lipinski definition) is 6. The van der Waals surface area contributed by atoms with Crippen molar-refractivity contribution in [1.29, 1.82) is 0 Å². The van der Waals surface area contributed by atoms with Crippen molar-refractivity contribution in [3.63, 3.8) is 0 Å². The molecule has 33 heavy (non-hydrogen) atoms. The molecule has 2 aromatic heterocycles. The topological polar surface area (TPSA) is 80.2 Å². The van der Waals surface area contributed by atoms with Crippen LogP contribution in [0.5, 0.6) is 0 Å². The highest BCUT2D eigenvalue weighted by atomic mass is 35.5. The molecular weight excluding hydrogens is 478 g/mol. The number of rotatable bonds is 6. The van der Waals surface area contributed by atoms with Gasteiger partial charge in [-0.3, -0.25) is 14.7 Å². The number of aromatic nitrogens is 2. The second-order valence-corrected chi connectivity index (χ2v) is 11.9. The monoisotopic (exact) mass is 499 g/mol. The van der Waals surface area contributed by atoms with E-state index in [4.69, 9.17) is 16.6 Å². The van der Waals surface area contributed by atoms with Gasteiger partial charge in [0.15, 0.2) is 15.0 Å². The van der Waals surface area contributed by atoms with Crippen LogP contribution in [0.3, 0.4) is 0 Å². The second kappa shape index (κ2) is 9.21. The summed E-state index contributed by atoms with van der Waals surface area (Å²) in [4.78, 5) is 24.2. The normalized spacial score (nSPS) is 11.8. The van der Waals surface area contributed by atoms with Crippen molar-refractivity contribution in [3.05, 3.63) is 82.6 Å². The molecule has 0 aliphatic rings. The van der Waals surface area contributed by atoms with Crippen LogP contribution in [0.25, 0.3) is 10.2 Å². The zero-order valence-electron chi connectivity index (χ0n) is 18.3. The summed E-state index contributed by atoms with van der Waals surface area (Å²) in [6.45, 7) is 5.39. The molecule has 0 radical (unpaired) electrons. The van der Waals surface area contributed by atoms with Crippen LogP contribution in [0.15, 0.2) is 65.8 Å². The van der Waals surface area contributed by atoms with E-state index in [9.17, 15) is 13.2 Å². The lowest BCUT2D eigenvalue weighted by atomic mass is 10.2. The average Bonchev–Trinajstić information content (AvgIpc) is 3.22. The zero-order chi connectivity index (χ0) is 23.8. The first-order valence-corrected chi connectivity index (χ1v) is 13.0. The predicted octanol–water partition coefficient (Wildman–Crippen LogP) is 5.68. The highest BCUT2D eigenvalue weighted by molar-refractivity contribution is 7.92. The molecule has 0 spiro atoms. The van der Waals surface area contributed by atoms with E-state index in [1.165, 1.54) is 23.5 Å². The number of carbonyl (C=O) groups excluding carboxylic acids is 1. The van der Waals surface area contributed by atoms with E-state index in [-0.39, 0.29) is 22.9 Å². The Morgan fingerprint density at radius 3 is 2.64 bits per heavy atom. The Hall–Kier alpha value is -2.81. The van der Waals surface area contributed by atoms with Gasteiger partial charge in [0, 0.05) is 23.0 Å². The summed E-state index contributed by atoms with van der Waals surface area (Å²) in [5, 5.41) is 0.514. The van der Waals surface area contributed by atoms with Crippen LogP contribution in [0.1, 0.15) is 35.3 Å². The van der Waals surface area contributed by atoms with Crippen molar-refractivity contribution < 1.29 is 13.2 Å². The molecule has 0 N–H and O–H groups in total. The Kier molecular flexibility index (Phi) is 6.52. The molecule has 9 heteroatoms. The minimum absolute atomic E-state index is 0.122. The number of thiazole rings is 1. The lowest BCUT2D eigenvalue weighted by molar-refractivity contribution is 0.0985. The molecule has 0 bridgehead atoms. The summed E-state index contributed by atoms with van der Waals surface area (Å²) >= 11 is 7.58. The van der Waals surface area contributed by atoms with Gasteiger partial charge in [-0.15, -0.1) is 0 Å². The van der Waals surface area contributed by atoms with Gasteiger partial charge < -0.3 is 0 Å². The smallest absolute Gasteiger partial charge is 0.260 e. The van der Waals surface area contributed by atoms with Crippen molar-refractivity contribution in [2.75, 3.05) is 4.90 Å². The summed E-state index contributed by atoms with van der Waals surface area (Å²) in [5.74, 6) is -0.345. The molecule has 1 amide bonds. The molecule has 0 unspecified atom stereocenters. The molecular formula is C24H22ClN3O3S2. The van der Waals surface area contributed by atoms with Crippen LogP contribution >= 0.6 is 22.9 Å². The van der Waals surface area contributed by atoms with Crippen molar-refractivity contribution in [2.24, 2.45) is 0 Å². The van der Waals surface area contributed by atoms with Gasteiger partial charge in [-0.2, -0.15) is 0 Å². The number of nitrogens with zero attached hydrogens (tertiary/aromatic N) is 3. The number of amides is 1. The third-order valence-corrected chi connectivity index (χ3v) is 8.60. The van der Waals surface area contributed by atoms with Crippen molar-refractivity contribution in [1.82, 2.24) is 9.97 Å². The Labute approximate surface area is 201 Å². The molecule has 2 heterocycles. The van der Waals surface area contributed by atoms with Crippen LogP contribution in [0, 0.1) is 6.92 Å². The van der Waals surface area contributed by atoms with Gasteiger partial charge in [0.25, 0.3) is 5.91 Å². The molecule has 4 rings (SSSR count). The Balaban J connectivity index is 1.81. The largest absolute Gasteiger partial charge is 0.279 e.